The monoisotopic (exact) mass is 280 g/mol. The van der Waals surface area contributed by atoms with Gasteiger partial charge in [-0.2, -0.15) is 0 Å². The average Bonchev–Trinajstić information content (AvgIpc) is 2.86. The van der Waals surface area contributed by atoms with Gasteiger partial charge in [-0.15, -0.1) is 0 Å². The number of nitrogens with one attached hydrogen (secondary N) is 1. The summed E-state index contributed by atoms with van der Waals surface area (Å²) in [6.45, 7) is 7.11. The Morgan fingerprint density at radius 3 is 2.50 bits per heavy atom. The summed E-state index contributed by atoms with van der Waals surface area (Å²) in [4.78, 5) is 27.3. The number of hydrogen-bond donors (Lipinski definition) is 1. The molecule has 1 heterocycles. The molecule has 1 atom stereocenters. The van der Waals surface area contributed by atoms with Crippen molar-refractivity contribution in [2.24, 2.45) is 5.92 Å². The average molecular weight is 280 g/mol. The van der Waals surface area contributed by atoms with Gasteiger partial charge in [0.2, 0.25) is 11.8 Å². The van der Waals surface area contributed by atoms with Crippen LogP contribution in [-0.2, 0) is 9.59 Å². The van der Waals surface area contributed by atoms with Crippen molar-refractivity contribution in [3.8, 4) is 0 Å². The van der Waals surface area contributed by atoms with E-state index in [0.29, 0.717) is 5.92 Å². The zero-order valence-corrected chi connectivity index (χ0v) is 13.1. The van der Waals surface area contributed by atoms with Crippen molar-refractivity contribution in [1.82, 2.24) is 10.2 Å². The van der Waals surface area contributed by atoms with Crippen molar-refractivity contribution in [1.29, 1.82) is 0 Å². The minimum Gasteiger partial charge on any atom is -0.342 e. The van der Waals surface area contributed by atoms with Crippen molar-refractivity contribution >= 4 is 11.8 Å². The first kappa shape index (κ1) is 15.3. The normalized spacial score (nSPS) is 25.6. The molecule has 1 aliphatic carbocycles. The molecule has 1 saturated carbocycles. The maximum atomic E-state index is 12.7. The maximum absolute atomic E-state index is 12.7. The predicted octanol–water partition coefficient (Wildman–Crippen LogP) is 2.47. The highest BCUT2D eigenvalue weighted by Crippen LogP contribution is 2.38. The Hall–Kier alpha value is -1.06. The van der Waals surface area contributed by atoms with Crippen LogP contribution >= 0.6 is 0 Å². The molecule has 0 aromatic rings. The number of carbonyl (C=O) groups is 2. The first-order chi connectivity index (χ1) is 9.51. The molecule has 1 spiro atoms. The van der Waals surface area contributed by atoms with Gasteiger partial charge in [-0.05, 0) is 31.6 Å². The van der Waals surface area contributed by atoms with E-state index in [4.69, 9.17) is 0 Å². The first-order valence-corrected chi connectivity index (χ1v) is 8.13. The Bertz CT molecular complexity index is 373. The van der Waals surface area contributed by atoms with Crippen LogP contribution in [0, 0.1) is 5.92 Å². The van der Waals surface area contributed by atoms with Crippen molar-refractivity contribution in [2.45, 2.75) is 77.3 Å². The van der Waals surface area contributed by atoms with Gasteiger partial charge in [0.15, 0.2) is 0 Å². The molecule has 2 fully saturated rings. The van der Waals surface area contributed by atoms with Crippen LogP contribution < -0.4 is 5.32 Å². The molecule has 2 aliphatic rings. The van der Waals surface area contributed by atoms with E-state index in [1.165, 1.54) is 0 Å². The lowest BCUT2D eigenvalue weighted by Gasteiger charge is -2.46. The molecule has 4 heteroatoms. The van der Waals surface area contributed by atoms with E-state index in [0.717, 1.165) is 51.5 Å². The van der Waals surface area contributed by atoms with Gasteiger partial charge in [0.1, 0.15) is 11.6 Å². The van der Waals surface area contributed by atoms with Crippen LogP contribution in [0.5, 0.6) is 0 Å². The summed E-state index contributed by atoms with van der Waals surface area (Å²) in [6.07, 6.45) is 6.41. The number of carbonyl (C=O) groups excluding carboxylic acids is 2. The van der Waals surface area contributed by atoms with E-state index in [9.17, 15) is 9.59 Å². The van der Waals surface area contributed by atoms with Crippen LogP contribution in [0.1, 0.15) is 65.7 Å². The van der Waals surface area contributed by atoms with Gasteiger partial charge in [-0.1, -0.05) is 40.0 Å². The summed E-state index contributed by atoms with van der Waals surface area (Å²) in [5, 5.41) is 2.99. The summed E-state index contributed by atoms with van der Waals surface area (Å²) in [5.74, 6) is 0.793. The van der Waals surface area contributed by atoms with E-state index >= 15 is 0 Å². The van der Waals surface area contributed by atoms with Gasteiger partial charge in [-0.3, -0.25) is 9.59 Å². The minimum atomic E-state index is -0.532. The Morgan fingerprint density at radius 2 is 1.95 bits per heavy atom. The van der Waals surface area contributed by atoms with Gasteiger partial charge in [0, 0.05) is 6.54 Å². The van der Waals surface area contributed by atoms with Crippen LogP contribution in [0.2, 0.25) is 0 Å². The third kappa shape index (κ3) is 2.70. The fourth-order valence-corrected chi connectivity index (χ4v) is 3.53. The summed E-state index contributed by atoms with van der Waals surface area (Å²) in [5.41, 5.74) is -0.532. The van der Waals surface area contributed by atoms with Crippen molar-refractivity contribution in [3.05, 3.63) is 0 Å². The van der Waals surface area contributed by atoms with E-state index in [1.807, 2.05) is 4.90 Å². The molecule has 114 valence electrons. The lowest BCUT2D eigenvalue weighted by Crippen LogP contribution is -2.69. The number of nitrogens with zero attached hydrogens (tertiary/aromatic N) is 1. The summed E-state index contributed by atoms with van der Waals surface area (Å²) >= 11 is 0. The van der Waals surface area contributed by atoms with E-state index in [2.05, 4.69) is 26.1 Å². The topological polar surface area (TPSA) is 49.4 Å². The van der Waals surface area contributed by atoms with Gasteiger partial charge in [0.05, 0.1) is 0 Å². The van der Waals surface area contributed by atoms with Crippen LogP contribution in [0.3, 0.4) is 0 Å². The van der Waals surface area contributed by atoms with E-state index in [1.54, 1.807) is 0 Å². The van der Waals surface area contributed by atoms with Gasteiger partial charge < -0.3 is 10.2 Å². The maximum Gasteiger partial charge on any atom is 0.246 e. The molecule has 2 amide bonds. The van der Waals surface area contributed by atoms with E-state index < -0.39 is 5.54 Å². The Kier molecular flexibility index (Phi) is 4.71. The Labute approximate surface area is 122 Å². The van der Waals surface area contributed by atoms with Crippen LogP contribution in [0.25, 0.3) is 0 Å². The van der Waals surface area contributed by atoms with Crippen LogP contribution in [0.4, 0.5) is 0 Å². The SMILES string of the molecule is CCCC1NC(=O)C2(CCCC2)N(CCC(C)C)C1=O. The highest BCUT2D eigenvalue weighted by molar-refractivity contribution is 6.00. The zero-order valence-electron chi connectivity index (χ0n) is 13.1. The molecular weight excluding hydrogens is 252 g/mol. The number of piperazine rings is 1. The summed E-state index contributed by atoms with van der Waals surface area (Å²) in [7, 11) is 0. The predicted molar refractivity (Wildman–Crippen MR) is 79.2 cm³/mol. The first-order valence-electron chi connectivity index (χ1n) is 8.13. The van der Waals surface area contributed by atoms with Crippen molar-refractivity contribution < 1.29 is 9.59 Å². The lowest BCUT2D eigenvalue weighted by molar-refractivity contribution is -0.157. The summed E-state index contributed by atoms with van der Waals surface area (Å²) < 4.78 is 0. The number of hydrogen-bond acceptors (Lipinski definition) is 2. The fourth-order valence-electron chi connectivity index (χ4n) is 3.53. The molecule has 20 heavy (non-hydrogen) atoms. The van der Waals surface area contributed by atoms with Crippen molar-refractivity contribution in [3.63, 3.8) is 0 Å². The fraction of sp³-hybridized carbons (Fsp3) is 0.875. The standard InChI is InChI=1S/C16H28N2O2/c1-4-7-13-14(19)18(11-8-12(2)3)16(15(20)17-13)9-5-6-10-16/h12-13H,4-11H2,1-3H3,(H,17,20). The second kappa shape index (κ2) is 6.15. The number of rotatable bonds is 5. The van der Waals surface area contributed by atoms with Gasteiger partial charge >= 0.3 is 0 Å². The Morgan fingerprint density at radius 1 is 1.30 bits per heavy atom. The van der Waals surface area contributed by atoms with Crippen molar-refractivity contribution in [2.75, 3.05) is 6.54 Å². The van der Waals surface area contributed by atoms with Gasteiger partial charge in [-0.25, -0.2) is 0 Å². The quantitative estimate of drug-likeness (QED) is 0.841. The molecule has 1 aliphatic heterocycles. The lowest BCUT2D eigenvalue weighted by atomic mass is 9.88. The molecular formula is C16H28N2O2. The smallest absolute Gasteiger partial charge is 0.246 e. The molecule has 1 unspecified atom stereocenters. The molecule has 0 bridgehead atoms. The molecule has 0 aromatic heterocycles. The largest absolute Gasteiger partial charge is 0.342 e. The molecule has 2 rings (SSSR count). The highest BCUT2D eigenvalue weighted by atomic mass is 16.2. The molecule has 0 radical (unpaired) electrons. The molecule has 4 nitrogen and oxygen atoms in total. The highest BCUT2D eigenvalue weighted by Gasteiger charge is 2.53. The second-order valence-corrected chi connectivity index (χ2v) is 6.73. The third-order valence-corrected chi connectivity index (χ3v) is 4.75. The molecule has 1 N–H and O–H groups in total. The second-order valence-electron chi connectivity index (χ2n) is 6.73. The summed E-state index contributed by atoms with van der Waals surface area (Å²) in [6, 6.07) is -0.300. The molecule has 0 aromatic carbocycles. The van der Waals surface area contributed by atoms with Crippen LogP contribution in [-0.4, -0.2) is 34.8 Å². The Balaban J connectivity index is 2.21. The van der Waals surface area contributed by atoms with Gasteiger partial charge in [0.25, 0.3) is 0 Å². The zero-order chi connectivity index (χ0) is 14.8. The minimum absolute atomic E-state index is 0.0943. The third-order valence-electron chi connectivity index (χ3n) is 4.75. The van der Waals surface area contributed by atoms with Crippen LogP contribution in [0.15, 0.2) is 0 Å². The molecule has 1 saturated heterocycles. The number of amides is 2. The van der Waals surface area contributed by atoms with E-state index in [-0.39, 0.29) is 17.9 Å².